The molecular formula is C27H26FNO4. The normalized spacial score (nSPS) is 12.0. The Morgan fingerprint density at radius 3 is 2.27 bits per heavy atom. The van der Waals surface area contributed by atoms with Crippen LogP contribution in [0.25, 0.3) is 28.3 Å². The van der Waals surface area contributed by atoms with Crippen LogP contribution in [0.5, 0.6) is 0 Å². The van der Waals surface area contributed by atoms with Crippen molar-refractivity contribution in [2.75, 3.05) is 7.11 Å². The fourth-order valence-corrected chi connectivity index (χ4v) is 3.76. The summed E-state index contributed by atoms with van der Waals surface area (Å²) in [6.45, 7) is 3.79. The average Bonchev–Trinajstić information content (AvgIpc) is 2.79. The number of hydrogen-bond donors (Lipinski definition) is 1. The Hall–Kier alpha value is -3.64. The average molecular weight is 448 g/mol. The molecule has 0 saturated carbocycles. The zero-order valence-corrected chi connectivity index (χ0v) is 18.8. The smallest absolute Gasteiger partial charge is 0.313 e. The van der Waals surface area contributed by atoms with E-state index in [-0.39, 0.29) is 18.7 Å². The molecule has 0 amide bonds. The molecule has 0 fully saturated rings. The van der Waals surface area contributed by atoms with Gasteiger partial charge in [-0.3, -0.25) is 14.6 Å². The second kappa shape index (κ2) is 10.8. The van der Waals surface area contributed by atoms with Gasteiger partial charge in [0.05, 0.1) is 13.2 Å². The molecule has 2 aromatic carbocycles. The Morgan fingerprint density at radius 1 is 1.00 bits per heavy atom. The van der Waals surface area contributed by atoms with Gasteiger partial charge < -0.3 is 9.84 Å². The molecule has 6 heteroatoms. The summed E-state index contributed by atoms with van der Waals surface area (Å²) in [5, 5.41) is 10.4. The first-order valence-corrected chi connectivity index (χ1v) is 10.6. The summed E-state index contributed by atoms with van der Waals surface area (Å²) >= 11 is 0. The van der Waals surface area contributed by atoms with E-state index in [0.29, 0.717) is 0 Å². The number of halogens is 1. The number of rotatable bonds is 8. The minimum absolute atomic E-state index is 0.207. The summed E-state index contributed by atoms with van der Waals surface area (Å²) in [6.07, 6.45) is 1.57. The lowest BCUT2D eigenvalue weighted by molar-refractivity contribution is -0.143. The molecule has 33 heavy (non-hydrogen) atoms. The Bertz CT molecular complexity index is 1170. The third-order valence-corrected chi connectivity index (χ3v) is 5.29. The van der Waals surface area contributed by atoms with Crippen LogP contribution in [0.15, 0.2) is 60.7 Å². The molecule has 1 aromatic heterocycles. The number of aliphatic hydroxyl groups excluding tert-OH is 1. The minimum atomic E-state index is -1.08. The minimum Gasteiger partial charge on any atom is -0.469 e. The number of ether oxygens (including phenoxy) is 1. The highest BCUT2D eigenvalue weighted by Gasteiger charge is 2.19. The molecule has 3 rings (SSSR count). The van der Waals surface area contributed by atoms with Crippen LogP contribution in [0.4, 0.5) is 4.39 Å². The van der Waals surface area contributed by atoms with Gasteiger partial charge in [0.2, 0.25) is 0 Å². The highest BCUT2D eigenvalue weighted by Crippen LogP contribution is 2.38. The van der Waals surface area contributed by atoms with E-state index in [1.54, 1.807) is 18.2 Å². The number of ketones is 1. The summed E-state index contributed by atoms with van der Waals surface area (Å²) in [5.41, 5.74) is 5.84. The van der Waals surface area contributed by atoms with Crippen molar-refractivity contribution in [2.24, 2.45) is 0 Å². The number of benzene rings is 2. The molecule has 0 radical (unpaired) electrons. The van der Waals surface area contributed by atoms with Crippen LogP contribution in [0.2, 0.25) is 0 Å². The number of aromatic nitrogens is 1. The lowest BCUT2D eigenvalue weighted by Crippen LogP contribution is -2.15. The standard InChI is InChI=1S/C27H26FNO4/c1-17-24(14-13-22(30)15-23(31)16-25(32)33-3)27(20-9-11-21(28)12-10-20)26(18(2)29-17)19-7-5-4-6-8-19/h4-14,22,30H,15-16H2,1-3H3. The van der Waals surface area contributed by atoms with Gasteiger partial charge in [-0.05, 0) is 37.1 Å². The summed E-state index contributed by atoms with van der Waals surface area (Å²) < 4.78 is 18.1. The molecule has 1 heterocycles. The molecule has 0 spiro atoms. The zero-order valence-electron chi connectivity index (χ0n) is 18.8. The number of nitrogens with zero attached hydrogens (tertiary/aromatic N) is 1. The number of pyridine rings is 1. The Kier molecular flexibility index (Phi) is 7.85. The zero-order chi connectivity index (χ0) is 24.0. The maximum atomic E-state index is 13.7. The van der Waals surface area contributed by atoms with E-state index in [1.165, 1.54) is 25.3 Å². The molecule has 1 unspecified atom stereocenters. The third-order valence-electron chi connectivity index (χ3n) is 5.29. The van der Waals surface area contributed by atoms with Gasteiger partial charge >= 0.3 is 5.97 Å². The maximum Gasteiger partial charge on any atom is 0.313 e. The summed E-state index contributed by atoms with van der Waals surface area (Å²) in [4.78, 5) is 28.0. The highest BCUT2D eigenvalue weighted by atomic mass is 19.1. The van der Waals surface area contributed by atoms with E-state index in [0.717, 1.165) is 39.2 Å². The number of carbonyl (C=O) groups excluding carboxylic acids is 2. The van der Waals surface area contributed by atoms with E-state index in [1.807, 2.05) is 44.2 Å². The number of aliphatic hydroxyl groups is 1. The van der Waals surface area contributed by atoms with Gasteiger partial charge in [-0.1, -0.05) is 54.6 Å². The first-order valence-electron chi connectivity index (χ1n) is 10.6. The summed E-state index contributed by atoms with van der Waals surface area (Å²) in [5.74, 6) is -1.39. The van der Waals surface area contributed by atoms with Crippen LogP contribution in [0.1, 0.15) is 29.8 Å². The van der Waals surface area contributed by atoms with Crippen molar-refractivity contribution in [2.45, 2.75) is 32.8 Å². The Labute approximate surface area is 192 Å². The first kappa shape index (κ1) is 24.0. The summed E-state index contributed by atoms with van der Waals surface area (Å²) in [6, 6.07) is 16.0. The molecule has 1 atom stereocenters. The third kappa shape index (κ3) is 5.99. The van der Waals surface area contributed by atoms with Crippen LogP contribution in [0, 0.1) is 19.7 Å². The van der Waals surface area contributed by atoms with E-state index in [9.17, 15) is 19.1 Å². The Morgan fingerprint density at radius 2 is 1.64 bits per heavy atom. The molecule has 1 N–H and O–H groups in total. The molecule has 5 nitrogen and oxygen atoms in total. The van der Waals surface area contributed by atoms with Crippen molar-refractivity contribution < 1.29 is 23.8 Å². The van der Waals surface area contributed by atoms with E-state index in [4.69, 9.17) is 4.98 Å². The topological polar surface area (TPSA) is 76.5 Å². The SMILES string of the molecule is COC(=O)CC(=O)CC(O)C=Cc1c(C)nc(C)c(-c2ccccc2)c1-c1ccc(F)cc1. The van der Waals surface area contributed by atoms with Crippen LogP contribution in [-0.2, 0) is 14.3 Å². The number of Topliss-reactive ketones (excluding diaryl/α,β-unsaturated/α-hetero) is 1. The molecule has 0 aliphatic carbocycles. The first-order chi connectivity index (χ1) is 15.8. The van der Waals surface area contributed by atoms with E-state index >= 15 is 0 Å². The highest BCUT2D eigenvalue weighted by molar-refractivity contribution is 5.96. The van der Waals surface area contributed by atoms with E-state index < -0.39 is 17.9 Å². The largest absolute Gasteiger partial charge is 0.469 e. The summed E-state index contributed by atoms with van der Waals surface area (Å²) in [7, 11) is 1.21. The van der Waals surface area contributed by atoms with Crippen molar-refractivity contribution in [3.63, 3.8) is 0 Å². The number of hydrogen-bond acceptors (Lipinski definition) is 5. The molecule has 0 bridgehead atoms. The monoisotopic (exact) mass is 447 g/mol. The fourth-order valence-electron chi connectivity index (χ4n) is 3.76. The van der Waals surface area contributed by atoms with Gasteiger partial charge in [0, 0.05) is 34.5 Å². The van der Waals surface area contributed by atoms with Crippen molar-refractivity contribution in [3.05, 3.63) is 83.4 Å². The van der Waals surface area contributed by atoms with Crippen LogP contribution >= 0.6 is 0 Å². The van der Waals surface area contributed by atoms with Crippen LogP contribution in [0.3, 0.4) is 0 Å². The second-order valence-corrected chi connectivity index (χ2v) is 7.74. The van der Waals surface area contributed by atoms with Crippen molar-refractivity contribution in [1.29, 1.82) is 0 Å². The van der Waals surface area contributed by atoms with E-state index in [2.05, 4.69) is 4.74 Å². The quantitative estimate of drug-likeness (QED) is 0.385. The number of esters is 1. The molecule has 0 aliphatic heterocycles. The number of aryl methyl sites for hydroxylation is 2. The van der Waals surface area contributed by atoms with Crippen LogP contribution in [-0.4, -0.2) is 35.1 Å². The number of carbonyl (C=O) groups is 2. The van der Waals surface area contributed by atoms with Gasteiger partial charge in [0.15, 0.2) is 0 Å². The van der Waals surface area contributed by atoms with Gasteiger partial charge in [0.25, 0.3) is 0 Å². The predicted molar refractivity (Wildman–Crippen MR) is 126 cm³/mol. The maximum absolute atomic E-state index is 13.7. The lowest BCUT2D eigenvalue weighted by atomic mass is 9.88. The van der Waals surface area contributed by atoms with Gasteiger partial charge in [-0.15, -0.1) is 0 Å². The Balaban J connectivity index is 2.07. The van der Waals surface area contributed by atoms with Crippen LogP contribution < -0.4 is 0 Å². The molecule has 0 saturated heterocycles. The van der Waals surface area contributed by atoms with Crippen molar-refractivity contribution in [3.8, 4) is 22.3 Å². The van der Waals surface area contributed by atoms with Gasteiger partial charge in [0.1, 0.15) is 18.0 Å². The van der Waals surface area contributed by atoms with Gasteiger partial charge in [-0.2, -0.15) is 0 Å². The number of methoxy groups -OCH3 is 1. The molecular weight excluding hydrogens is 421 g/mol. The lowest BCUT2D eigenvalue weighted by Gasteiger charge is -2.18. The molecule has 3 aromatic rings. The van der Waals surface area contributed by atoms with Gasteiger partial charge in [-0.25, -0.2) is 4.39 Å². The predicted octanol–water partition coefficient (Wildman–Crippen LogP) is 5.07. The second-order valence-electron chi connectivity index (χ2n) is 7.74. The molecule has 0 aliphatic rings. The fraction of sp³-hybridized carbons (Fsp3) is 0.222. The van der Waals surface area contributed by atoms with Crippen molar-refractivity contribution in [1.82, 2.24) is 4.98 Å². The van der Waals surface area contributed by atoms with Crippen molar-refractivity contribution >= 4 is 17.8 Å². The molecule has 170 valence electrons.